The van der Waals surface area contributed by atoms with E-state index in [0.717, 1.165) is 11.4 Å². The van der Waals surface area contributed by atoms with Gasteiger partial charge in [0, 0.05) is 39.0 Å². The van der Waals surface area contributed by atoms with Crippen LogP contribution in [0.1, 0.15) is 18.3 Å². The largest absolute Gasteiger partial charge is 0.537 e. The summed E-state index contributed by atoms with van der Waals surface area (Å²) in [6, 6.07) is 0. The Morgan fingerprint density at radius 1 is 1.55 bits per heavy atom. The molecule has 3 heteroatoms. The average Bonchev–Trinajstić information content (AvgIpc) is 2.20. The number of rotatable bonds is 1. The van der Waals surface area contributed by atoms with Crippen LogP contribution in [0, 0.1) is 26.3 Å². The summed E-state index contributed by atoms with van der Waals surface area (Å²) in [5, 5.41) is 0. The van der Waals surface area contributed by atoms with Crippen molar-refractivity contribution in [3.8, 4) is 0 Å². The SMILES string of the molecule is C[C-]=Cn1[c-]nc(C)c1C.[Y]. The summed E-state index contributed by atoms with van der Waals surface area (Å²) in [7, 11) is 0. The van der Waals surface area contributed by atoms with Crippen LogP contribution in [0.2, 0.25) is 0 Å². The molecule has 0 spiro atoms. The van der Waals surface area contributed by atoms with E-state index in [4.69, 9.17) is 0 Å². The number of aryl methyl sites for hydroxylation is 1. The second-order valence-corrected chi connectivity index (χ2v) is 2.17. The predicted molar refractivity (Wildman–Crippen MR) is 40.2 cm³/mol. The Kier molecular flexibility index (Phi) is 4.86. The minimum atomic E-state index is 0. The van der Waals surface area contributed by atoms with Crippen LogP contribution in [0.5, 0.6) is 0 Å². The zero-order chi connectivity index (χ0) is 7.56. The van der Waals surface area contributed by atoms with Gasteiger partial charge in [-0.2, -0.15) is 0 Å². The molecule has 1 heterocycles. The van der Waals surface area contributed by atoms with Crippen LogP contribution in [0.3, 0.4) is 0 Å². The van der Waals surface area contributed by atoms with Gasteiger partial charge in [0.15, 0.2) is 0 Å². The van der Waals surface area contributed by atoms with Gasteiger partial charge in [0.1, 0.15) is 0 Å². The first kappa shape index (κ1) is 11.1. The molecule has 0 aliphatic heterocycles. The molecule has 0 amide bonds. The van der Waals surface area contributed by atoms with E-state index in [1.54, 1.807) is 0 Å². The Morgan fingerprint density at radius 3 is 2.55 bits per heavy atom. The standard InChI is InChI=1S/C8H10N2.Y/c1-4-5-10-6-9-7(2)8(10)3;/h5H,1-3H3;/q-2;. The summed E-state index contributed by atoms with van der Waals surface area (Å²) in [4.78, 5) is 4.00. The Bertz CT molecular complexity index is 251. The first-order valence-corrected chi connectivity index (χ1v) is 3.19. The molecule has 0 aromatic carbocycles. The number of hydrogen-bond acceptors (Lipinski definition) is 1. The second-order valence-electron chi connectivity index (χ2n) is 2.17. The fourth-order valence-corrected chi connectivity index (χ4v) is 0.714. The van der Waals surface area contributed by atoms with E-state index in [2.05, 4.69) is 17.4 Å². The van der Waals surface area contributed by atoms with Gasteiger partial charge in [-0.1, -0.05) is 25.2 Å². The first-order chi connectivity index (χ1) is 4.75. The van der Waals surface area contributed by atoms with Gasteiger partial charge in [-0.15, -0.1) is 0 Å². The molecule has 0 N–H and O–H groups in total. The Hall–Kier alpha value is 0.0539. The van der Waals surface area contributed by atoms with E-state index in [0.29, 0.717) is 0 Å². The quantitative estimate of drug-likeness (QED) is 0.661. The summed E-state index contributed by atoms with van der Waals surface area (Å²) in [6.45, 7) is 5.82. The third kappa shape index (κ3) is 2.53. The van der Waals surface area contributed by atoms with Gasteiger partial charge in [-0.25, -0.2) is 6.92 Å². The van der Waals surface area contributed by atoms with Crippen molar-refractivity contribution in [2.75, 3.05) is 0 Å². The van der Waals surface area contributed by atoms with Crippen LogP contribution >= 0.6 is 0 Å². The molecular formula is C8H10N2Y-2. The minimum absolute atomic E-state index is 0. The molecule has 2 nitrogen and oxygen atoms in total. The van der Waals surface area contributed by atoms with Crippen molar-refractivity contribution in [2.24, 2.45) is 0 Å². The molecule has 1 aromatic heterocycles. The zero-order valence-corrected chi connectivity index (χ0v) is 9.89. The van der Waals surface area contributed by atoms with Crippen molar-refractivity contribution >= 4 is 6.20 Å². The van der Waals surface area contributed by atoms with Gasteiger partial charge < -0.3 is 15.6 Å². The maximum absolute atomic E-state index is 4.00. The van der Waals surface area contributed by atoms with Crippen LogP contribution in [-0.2, 0) is 32.7 Å². The van der Waals surface area contributed by atoms with Crippen LogP contribution in [0.4, 0.5) is 0 Å². The number of imidazole rings is 1. The van der Waals surface area contributed by atoms with Gasteiger partial charge >= 0.3 is 0 Å². The minimum Gasteiger partial charge on any atom is -0.537 e. The van der Waals surface area contributed by atoms with Gasteiger partial charge in [-0.05, 0) is 0 Å². The van der Waals surface area contributed by atoms with Crippen LogP contribution in [0.25, 0.3) is 6.20 Å². The topological polar surface area (TPSA) is 17.8 Å². The van der Waals surface area contributed by atoms with Crippen molar-refractivity contribution < 1.29 is 32.7 Å². The maximum Gasteiger partial charge on any atom is 0.0383 e. The third-order valence-electron chi connectivity index (χ3n) is 1.47. The number of nitrogens with zero attached hydrogens (tertiary/aromatic N) is 2. The van der Waals surface area contributed by atoms with Gasteiger partial charge in [-0.3, -0.25) is 6.20 Å². The molecule has 0 aliphatic carbocycles. The van der Waals surface area contributed by atoms with Crippen molar-refractivity contribution in [1.29, 1.82) is 0 Å². The van der Waals surface area contributed by atoms with Crippen LogP contribution in [-0.4, -0.2) is 9.55 Å². The average molecular weight is 223 g/mol. The maximum atomic E-state index is 4.00. The van der Waals surface area contributed by atoms with E-state index in [9.17, 15) is 0 Å². The van der Waals surface area contributed by atoms with Gasteiger partial charge in [0.05, 0.1) is 0 Å². The van der Waals surface area contributed by atoms with Crippen LogP contribution in [0.15, 0.2) is 0 Å². The molecule has 0 saturated carbocycles. The second kappa shape index (κ2) is 4.84. The third-order valence-corrected chi connectivity index (χ3v) is 1.47. The fraction of sp³-hybridized carbons (Fsp3) is 0.375. The Labute approximate surface area is 92.6 Å². The molecule has 1 aromatic rings. The fourth-order valence-electron chi connectivity index (χ4n) is 0.714. The summed E-state index contributed by atoms with van der Waals surface area (Å²) in [5.74, 6) is 0. The van der Waals surface area contributed by atoms with E-state index in [1.165, 1.54) is 0 Å². The Morgan fingerprint density at radius 2 is 2.18 bits per heavy atom. The first-order valence-electron chi connectivity index (χ1n) is 3.19. The normalized spacial score (nSPS) is 10.1. The van der Waals surface area contributed by atoms with Gasteiger partial charge in [0.2, 0.25) is 0 Å². The molecule has 1 rings (SSSR count). The van der Waals surface area contributed by atoms with E-state index >= 15 is 0 Å². The molecule has 11 heavy (non-hydrogen) atoms. The molecule has 0 unspecified atom stereocenters. The smallest absolute Gasteiger partial charge is 0.0383 e. The molecule has 57 valence electrons. The molecule has 0 aliphatic rings. The molecule has 0 atom stereocenters. The predicted octanol–water partition coefficient (Wildman–Crippen LogP) is 1.59. The molecule has 0 bridgehead atoms. The van der Waals surface area contributed by atoms with Crippen molar-refractivity contribution in [1.82, 2.24) is 9.55 Å². The van der Waals surface area contributed by atoms with Crippen molar-refractivity contribution in [3.63, 3.8) is 0 Å². The summed E-state index contributed by atoms with van der Waals surface area (Å²) < 4.78 is 1.83. The molecule has 0 saturated heterocycles. The van der Waals surface area contributed by atoms with E-state index in [1.807, 2.05) is 31.5 Å². The number of hydrogen-bond donors (Lipinski definition) is 0. The number of aromatic nitrogens is 2. The molecule has 0 fully saturated rings. The number of allylic oxidation sites excluding steroid dienone is 1. The Balaban J connectivity index is 0.000001000. The summed E-state index contributed by atoms with van der Waals surface area (Å²) >= 11 is 0. The van der Waals surface area contributed by atoms with Crippen molar-refractivity contribution in [3.05, 3.63) is 23.8 Å². The van der Waals surface area contributed by atoms with E-state index in [-0.39, 0.29) is 32.7 Å². The van der Waals surface area contributed by atoms with E-state index < -0.39 is 0 Å². The zero-order valence-electron chi connectivity index (χ0n) is 7.05. The summed E-state index contributed by atoms with van der Waals surface area (Å²) in [6.07, 6.45) is 7.54. The summed E-state index contributed by atoms with van der Waals surface area (Å²) in [5.41, 5.74) is 2.14. The molecular weight excluding hydrogens is 213 g/mol. The van der Waals surface area contributed by atoms with Crippen LogP contribution < -0.4 is 0 Å². The van der Waals surface area contributed by atoms with Gasteiger partial charge in [0.25, 0.3) is 0 Å². The monoisotopic (exact) mass is 223 g/mol. The molecule has 1 radical (unpaired) electrons. The van der Waals surface area contributed by atoms with Crippen molar-refractivity contribution in [2.45, 2.75) is 20.8 Å².